The molecule has 0 N–H and O–H groups in total. The number of pyridine rings is 2. The molecule has 2 heterocycles. The first kappa shape index (κ1) is 18.9. The third-order valence-corrected chi connectivity index (χ3v) is 4.69. The number of aromatic nitrogens is 2. The molecule has 0 saturated carbocycles. The minimum atomic E-state index is 0.680. The zero-order chi connectivity index (χ0) is 18.4. The standard InChI is InChI=1S/C20H17Br2N3O/c21-19-8-2-6-17(23-19)12-25(13-18-7-3-9-20(22)24-18)11-15-4-1-5-16(10-15)14-26/h1-10,14H,11-13H2. The van der Waals surface area contributed by atoms with Crippen molar-refractivity contribution in [2.45, 2.75) is 19.6 Å². The van der Waals surface area contributed by atoms with Crippen LogP contribution < -0.4 is 0 Å². The monoisotopic (exact) mass is 473 g/mol. The van der Waals surface area contributed by atoms with Gasteiger partial charge >= 0.3 is 0 Å². The SMILES string of the molecule is O=Cc1cccc(CN(Cc2cccc(Br)n2)Cc2cccc(Br)n2)c1. The van der Waals surface area contributed by atoms with Gasteiger partial charge in [-0.1, -0.05) is 30.3 Å². The molecular formula is C20H17Br2N3O. The van der Waals surface area contributed by atoms with E-state index in [1.54, 1.807) is 0 Å². The predicted octanol–water partition coefficient (Wildman–Crippen LogP) is 5.02. The summed E-state index contributed by atoms with van der Waals surface area (Å²) in [4.78, 5) is 22.4. The summed E-state index contributed by atoms with van der Waals surface area (Å²) >= 11 is 6.85. The highest BCUT2D eigenvalue weighted by atomic mass is 79.9. The Labute approximate surface area is 169 Å². The number of hydrogen-bond acceptors (Lipinski definition) is 4. The van der Waals surface area contributed by atoms with Gasteiger partial charge in [0.25, 0.3) is 0 Å². The fourth-order valence-electron chi connectivity index (χ4n) is 2.73. The molecule has 0 bridgehead atoms. The van der Waals surface area contributed by atoms with Gasteiger partial charge in [-0.2, -0.15) is 0 Å². The van der Waals surface area contributed by atoms with Gasteiger partial charge in [-0.15, -0.1) is 0 Å². The Morgan fingerprint density at radius 3 is 1.92 bits per heavy atom. The van der Waals surface area contributed by atoms with Gasteiger partial charge in [0.2, 0.25) is 0 Å². The first-order valence-corrected chi connectivity index (χ1v) is 9.70. The van der Waals surface area contributed by atoms with Crippen molar-refractivity contribution in [2.75, 3.05) is 0 Å². The van der Waals surface area contributed by atoms with Crippen LogP contribution >= 0.6 is 31.9 Å². The van der Waals surface area contributed by atoms with Crippen molar-refractivity contribution in [3.63, 3.8) is 0 Å². The Balaban J connectivity index is 1.83. The molecule has 0 aliphatic heterocycles. The lowest BCUT2D eigenvalue weighted by molar-refractivity contribution is 0.112. The van der Waals surface area contributed by atoms with E-state index in [2.05, 4.69) is 46.7 Å². The molecule has 6 heteroatoms. The second-order valence-corrected chi connectivity index (χ2v) is 7.54. The average Bonchev–Trinajstić information content (AvgIpc) is 2.62. The molecule has 2 aromatic heterocycles. The van der Waals surface area contributed by atoms with E-state index in [0.29, 0.717) is 25.2 Å². The second-order valence-electron chi connectivity index (χ2n) is 5.91. The lowest BCUT2D eigenvalue weighted by Crippen LogP contribution is -2.23. The van der Waals surface area contributed by atoms with Crippen molar-refractivity contribution < 1.29 is 4.79 Å². The van der Waals surface area contributed by atoms with Crippen molar-refractivity contribution >= 4 is 38.1 Å². The third kappa shape index (κ3) is 5.56. The van der Waals surface area contributed by atoms with Gasteiger partial charge in [-0.05, 0) is 67.8 Å². The fourth-order valence-corrected chi connectivity index (χ4v) is 3.49. The summed E-state index contributed by atoms with van der Waals surface area (Å²) in [5.41, 5.74) is 3.71. The number of aldehydes is 1. The molecule has 0 unspecified atom stereocenters. The van der Waals surface area contributed by atoms with E-state index in [1.807, 2.05) is 60.7 Å². The van der Waals surface area contributed by atoms with E-state index in [1.165, 1.54) is 0 Å². The molecule has 3 aromatic rings. The first-order valence-electron chi connectivity index (χ1n) is 8.12. The van der Waals surface area contributed by atoms with Crippen molar-refractivity contribution in [3.05, 3.63) is 92.4 Å². The Bertz CT molecular complexity index is 854. The van der Waals surface area contributed by atoms with Crippen molar-refractivity contribution in [2.24, 2.45) is 0 Å². The maximum Gasteiger partial charge on any atom is 0.150 e. The van der Waals surface area contributed by atoms with Crippen molar-refractivity contribution in [1.82, 2.24) is 14.9 Å². The normalized spacial score (nSPS) is 10.9. The zero-order valence-corrected chi connectivity index (χ0v) is 17.1. The number of halogens is 2. The number of carbonyl (C=O) groups excluding carboxylic acids is 1. The summed E-state index contributed by atoms with van der Waals surface area (Å²) in [6.07, 6.45) is 0.875. The van der Waals surface area contributed by atoms with Gasteiger partial charge in [0, 0.05) is 25.2 Å². The minimum absolute atomic E-state index is 0.680. The summed E-state index contributed by atoms with van der Waals surface area (Å²) in [5, 5.41) is 0. The van der Waals surface area contributed by atoms with Gasteiger partial charge in [-0.25, -0.2) is 9.97 Å². The molecule has 0 atom stereocenters. The van der Waals surface area contributed by atoms with Gasteiger partial charge < -0.3 is 0 Å². The van der Waals surface area contributed by atoms with Crippen LogP contribution in [0.25, 0.3) is 0 Å². The van der Waals surface area contributed by atoms with E-state index < -0.39 is 0 Å². The summed E-state index contributed by atoms with van der Waals surface area (Å²) in [6.45, 7) is 2.06. The Hall–Kier alpha value is -1.89. The van der Waals surface area contributed by atoms with E-state index in [4.69, 9.17) is 0 Å². The summed E-state index contributed by atoms with van der Waals surface area (Å²) in [6, 6.07) is 19.5. The predicted molar refractivity (Wildman–Crippen MR) is 109 cm³/mol. The maximum atomic E-state index is 11.1. The molecule has 0 amide bonds. The van der Waals surface area contributed by atoms with Crippen LogP contribution in [-0.4, -0.2) is 21.2 Å². The third-order valence-electron chi connectivity index (χ3n) is 3.81. The van der Waals surface area contributed by atoms with E-state index in [-0.39, 0.29) is 0 Å². The van der Waals surface area contributed by atoms with Crippen molar-refractivity contribution in [1.29, 1.82) is 0 Å². The summed E-state index contributed by atoms with van der Waals surface area (Å²) in [5.74, 6) is 0. The fraction of sp³-hybridized carbons (Fsp3) is 0.150. The van der Waals surface area contributed by atoms with Crippen molar-refractivity contribution in [3.8, 4) is 0 Å². The second kappa shape index (κ2) is 9.16. The molecule has 0 radical (unpaired) electrons. The quantitative estimate of drug-likeness (QED) is 0.356. The Kier molecular flexibility index (Phi) is 6.66. The summed E-state index contributed by atoms with van der Waals surface area (Å²) in [7, 11) is 0. The van der Waals surface area contributed by atoms with Gasteiger partial charge in [-0.3, -0.25) is 9.69 Å². The van der Waals surface area contributed by atoms with Gasteiger partial charge in [0.15, 0.2) is 0 Å². The molecule has 3 rings (SSSR count). The first-order chi connectivity index (χ1) is 12.6. The summed E-state index contributed by atoms with van der Waals surface area (Å²) < 4.78 is 1.64. The molecular weight excluding hydrogens is 458 g/mol. The molecule has 132 valence electrons. The van der Waals surface area contributed by atoms with E-state index >= 15 is 0 Å². The van der Waals surface area contributed by atoms with Crippen LogP contribution in [0.3, 0.4) is 0 Å². The number of rotatable bonds is 7. The number of nitrogens with zero attached hydrogens (tertiary/aromatic N) is 3. The van der Waals surface area contributed by atoms with Crippen LogP contribution in [0.5, 0.6) is 0 Å². The van der Waals surface area contributed by atoms with E-state index in [0.717, 1.165) is 32.4 Å². The number of carbonyl (C=O) groups is 1. The van der Waals surface area contributed by atoms with Crippen LogP contribution in [-0.2, 0) is 19.6 Å². The topological polar surface area (TPSA) is 46.1 Å². The van der Waals surface area contributed by atoms with Crippen LogP contribution in [0.4, 0.5) is 0 Å². The van der Waals surface area contributed by atoms with Gasteiger partial charge in [0.1, 0.15) is 15.5 Å². The molecule has 4 nitrogen and oxygen atoms in total. The lowest BCUT2D eigenvalue weighted by atomic mass is 10.1. The number of hydrogen-bond donors (Lipinski definition) is 0. The minimum Gasteiger partial charge on any atom is -0.298 e. The smallest absolute Gasteiger partial charge is 0.150 e. The highest BCUT2D eigenvalue weighted by Crippen LogP contribution is 2.16. The number of benzene rings is 1. The highest BCUT2D eigenvalue weighted by molar-refractivity contribution is 9.10. The van der Waals surface area contributed by atoms with Crippen LogP contribution in [0.1, 0.15) is 27.3 Å². The molecule has 1 aromatic carbocycles. The largest absolute Gasteiger partial charge is 0.298 e. The zero-order valence-electron chi connectivity index (χ0n) is 14.0. The molecule has 26 heavy (non-hydrogen) atoms. The van der Waals surface area contributed by atoms with Crippen LogP contribution in [0.2, 0.25) is 0 Å². The Morgan fingerprint density at radius 2 is 1.38 bits per heavy atom. The van der Waals surface area contributed by atoms with Crippen LogP contribution in [0.15, 0.2) is 69.9 Å². The molecule has 0 aliphatic carbocycles. The maximum absolute atomic E-state index is 11.1. The van der Waals surface area contributed by atoms with E-state index in [9.17, 15) is 4.79 Å². The molecule has 0 fully saturated rings. The molecule has 0 saturated heterocycles. The lowest BCUT2D eigenvalue weighted by Gasteiger charge is -2.22. The molecule has 0 aliphatic rings. The highest BCUT2D eigenvalue weighted by Gasteiger charge is 2.11. The van der Waals surface area contributed by atoms with Crippen LogP contribution in [0, 0.1) is 0 Å². The Morgan fingerprint density at radius 1 is 0.808 bits per heavy atom. The molecule has 0 spiro atoms. The van der Waals surface area contributed by atoms with Gasteiger partial charge in [0.05, 0.1) is 11.4 Å². The average molecular weight is 475 g/mol.